The van der Waals surface area contributed by atoms with E-state index in [1.807, 2.05) is 6.92 Å². The van der Waals surface area contributed by atoms with Crippen molar-refractivity contribution < 1.29 is 13.2 Å². The standard InChI is InChI=1S/C13H12Br2N2O3S/c1-8-6-10(15)12(7-9(8)14)21(18,19)17-11-4-3-5-16-13(11)20-2/h3-7,17H,1-2H3. The van der Waals surface area contributed by atoms with Gasteiger partial charge in [0.25, 0.3) is 10.0 Å². The number of pyridine rings is 1. The maximum absolute atomic E-state index is 12.5. The largest absolute Gasteiger partial charge is 0.480 e. The molecule has 0 aliphatic heterocycles. The molecule has 0 unspecified atom stereocenters. The Morgan fingerprint density at radius 2 is 1.95 bits per heavy atom. The van der Waals surface area contributed by atoms with Crippen LogP contribution in [0.4, 0.5) is 5.69 Å². The number of nitrogens with one attached hydrogen (secondary N) is 1. The molecule has 21 heavy (non-hydrogen) atoms. The number of sulfonamides is 1. The summed E-state index contributed by atoms with van der Waals surface area (Å²) in [4.78, 5) is 4.09. The SMILES string of the molecule is COc1ncccc1NS(=O)(=O)c1cc(Br)c(C)cc1Br. The third kappa shape index (κ3) is 3.56. The average molecular weight is 436 g/mol. The Kier molecular flexibility index (Phi) is 4.90. The maximum atomic E-state index is 12.5. The molecule has 0 saturated carbocycles. The molecule has 2 aromatic rings. The van der Waals surface area contributed by atoms with Crippen molar-refractivity contribution in [1.29, 1.82) is 0 Å². The van der Waals surface area contributed by atoms with Crippen LogP contribution in [0.1, 0.15) is 5.56 Å². The number of ether oxygens (including phenoxy) is 1. The van der Waals surface area contributed by atoms with E-state index in [1.165, 1.54) is 13.3 Å². The highest BCUT2D eigenvalue weighted by Crippen LogP contribution is 2.31. The number of halogens is 2. The van der Waals surface area contributed by atoms with Crippen molar-refractivity contribution in [2.75, 3.05) is 11.8 Å². The van der Waals surface area contributed by atoms with Gasteiger partial charge in [-0.25, -0.2) is 13.4 Å². The third-order valence-electron chi connectivity index (χ3n) is 2.71. The van der Waals surface area contributed by atoms with E-state index < -0.39 is 10.0 Å². The molecular formula is C13H12Br2N2O3S. The van der Waals surface area contributed by atoms with Gasteiger partial charge >= 0.3 is 0 Å². The molecule has 0 spiro atoms. The first-order chi connectivity index (χ1) is 9.85. The highest BCUT2D eigenvalue weighted by atomic mass is 79.9. The molecule has 0 atom stereocenters. The van der Waals surface area contributed by atoms with Crippen LogP contribution in [-0.4, -0.2) is 20.5 Å². The first kappa shape index (κ1) is 16.3. The lowest BCUT2D eigenvalue weighted by molar-refractivity contribution is 0.400. The molecule has 0 aliphatic carbocycles. The van der Waals surface area contributed by atoms with Gasteiger partial charge in [-0.2, -0.15) is 0 Å². The van der Waals surface area contributed by atoms with Gasteiger partial charge in [0.15, 0.2) is 0 Å². The van der Waals surface area contributed by atoms with E-state index in [0.29, 0.717) is 8.95 Å². The van der Waals surface area contributed by atoms with E-state index in [1.54, 1.807) is 24.3 Å². The molecule has 1 N–H and O–H groups in total. The van der Waals surface area contributed by atoms with Crippen molar-refractivity contribution in [2.45, 2.75) is 11.8 Å². The molecule has 0 bridgehead atoms. The van der Waals surface area contributed by atoms with Gasteiger partial charge in [-0.15, -0.1) is 0 Å². The molecule has 0 fully saturated rings. The highest BCUT2D eigenvalue weighted by Gasteiger charge is 2.21. The van der Waals surface area contributed by atoms with Gasteiger partial charge in [-0.3, -0.25) is 4.72 Å². The predicted molar refractivity (Wildman–Crippen MR) is 88.2 cm³/mol. The Morgan fingerprint density at radius 1 is 1.24 bits per heavy atom. The number of nitrogens with zero attached hydrogens (tertiary/aromatic N) is 1. The van der Waals surface area contributed by atoms with Gasteiger partial charge in [-0.1, -0.05) is 15.9 Å². The number of hydrogen-bond donors (Lipinski definition) is 1. The van der Waals surface area contributed by atoms with Gasteiger partial charge in [-0.05, 0) is 52.7 Å². The topological polar surface area (TPSA) is 68.3 Å². The van der Waals surface area contributed by atoms with Crippen molar-refractivity contribution in [2.24, 2.45) is 0 Å². The van der Waals surface area contributed by atoms with Crippen molar-refractivity contribution >= 4 is 47.6 Å². The number of anilines is 1. The van der Waals surface area contributed by atoms with E-state index in [0.717, 1.165) is 5.56 Å². The molecule has 0 saturated heterocycles. The minimum absolute atomic E-state index is 0.130. The first-order valence-corrected chi connectivity index (χ1v) is 8.89. The van der Waals surface area contributed by atoms with Crippen molar-refractivity contribution in [3.05, 3.63) is 45.0 Å². The Hall–Kier alpha value is -1.12. The fourth-order valence-corrected chi connectivity index (χ4v) is 4.40. The lowest BCUT2D eigenvalue weighted by atomic mass is 10.2. The molecule has 1 heterocycles. The van der Waals surface area contributed by atoms with E-state index >= 15 is 0 Å². The van der Waals surface area contributed by atoms with Crippen LogP contribution < -0.4 is 9.46 Å². The van der Waals surface area contributed by atoms with Gasteiger partial charge in [0.1, 0.15) is 10.6 Å². The molecule has 1 aromatic carbocycles. The van der Waals surface area contributed by atoms with Gasteiger partial charge < -0.3 is 4.74 Å². The summed E-state index contributed by atoms with van der Waals surface area (Å²) in [7, 11) is -2.33. The minimum Gasteiger partial charge on any atom is -0.480 e. The Balaban J connectivity index is 2.46. The van der Waals surface area contributed by atoms with E-state index in [-0.39, 0.29) is 16.5 Å². The molecule has 0 aliphatic rings. The lowest BCUT2D eigenvalue weighted by Crippen LogP contribution is -2.14. The Morgan fingerprint density at radius 3 is 2.62 bits per heavy atom. The second-order valence-electron chi connectivity index (χ2n) is 4.20. The van der Waals surface area contributed by atoms with Crippen LogP contribution in [0, 0.1) is 6.92 Å². The van der Waals surface area contributed by atoms with E-state index in [9.17, 15) is 8.42 Å². The van der Waals surface area contributed by atoms with Gasteiger partial charge in [0, 0.05) is 15.1 Å². The first-order valence-electron chi connectivity index (χ1n) is 5.82. The van der Waals surface area contributed by atoms with Crippen LogP contribution in [0.2, 0.25) is 0 Å². The highest BCUT2D eigenvalue weighted by molar-refractivity contribution is 9.11. The molecule has 5 nitrogen and oxygen atoms in total. The van der Waals surface area contributed by atoms with Crippen LogP contribution in [0.5, 0.6) is 5.88 Å². The van der Waals surface area contributed by atoms with E-state index in [4.69, 9.17) is 4.74 Å². The molecule has 8 heteroatoms. The molecule has 0 radical (unpaired) electrons. The number of aryl methyl sites for hydroxylation is 1. The third-order valence-corrected chi connectivity index (χ3v) is 5.89. The zero-order valence-corrected chi connectivity index (χ0v) is 15.2. The molecule has 0 amide bonds. The lowest BCUT2D eigenvalue weighted by Gasteiger charge is -2.12. The second-order valence-corrected chi connectivity index (χ2v) is 7.56. The number of aromatic nitrogens is 1. The van der Waals surface area contributed by atoms with Crippen molar-refractivity contribution in [3.63, 3.8) is 0 Å². The second kappa shape index (κ2) is 6.33. The molecule has 112 valence electrons. The summed E-state index contributed by atoms with van der Waals surface area (Å²) < 4.78 is 33.7. The van der Waals surface area contributed by atoms with Crippen LogP contribution >= 0.6 is 31.9 Å². The summed E-state index contributed by atoms with van der Waals surface area (Å²) in [5, 5.41) is 0. The minimum atomic E-state index is -3.76. The van der Waals surface area contributed by atoms with Crippen LogP contribution in [-0.2, 0) is 10.0 Å². The van der Waals surface area contributed by atoms with Crippen molar-refractivity contribution in [3.8, 4) is 5.88 Å². The Labute approximate surface area is 140 Å². The summed E-state index contributed by atoms with van der Waals surface area (Å²) >= 11 is 6.62. The van der Waals surface area contributed by atoms with Crippen LogP contribution in [0.15, 0.2) is 44.3 Å². The summed E-state index contributed by atoms with van der Waals surface area (Å²) in [5.41, 5.74) is 1.21. The number of benzene rings is 1. The summed E-state index contributed by atoms with van der Waals surface area (Å²) in [6, 6.07) is 6.49. The van der Waals surface area contributed by atoms with Crippen LogP contribution in [0.25, 0.3) is 0 Å². The van der Waals surface area contributed by atoms with Crippen molar-refractivity contribution in [1.82, 2.24) is 4.98 Å². The zero-order chi connectivity index (χ0) is 15.6. The smallest absolute Gasteiger partial charge is 0.263 e. The van der Waals surface area contributed by atoms with Gasteiger partial charge in [0.2, 0.25) is 5.88 Å². The quantitative estimate of drug-likeness (QED) is 0.794. The zero-order valence-electron chi connectivity index (χ0n) is 11.2. The maximum Gasteiger partial charge on any atom is 0.263 e. The number of hydrogen-bond acceptors (Lipinski definition) is 4. The fraction of sp³-hybridized carbons (Fsp3) is 0.154. The molecule has 2 rings (SSSR count). The fourth-order valence-electron chi connectivity index (χ4n) is 1.66. The van der Waals surface area contributed by atoms with E-state index in [2.05, 4.69) is 41.6 Å². The molecular weight excluding hydrogens is 424 g/mol. The number of methoxy groups -OCH3 is 1. The summed E-state index contributed by atoms with van der Waals surface area (Å²) in [6.45, 7) is 1.88. The van der Waals surface area contributed by atoms with Gasteiger partial charge in [0.05, 0.1) is 7.11 Å². The number of rotatable bonds is 4. The summed E-state index contributed by atoms with van der Waals surface area (Å²) in [5.74, 6) is 0.211. The summed E-state index contributed by atoms with van der Waals surface area (Å²) in [6.07, 6.45) is 1.52. The molecule has 1 aromatic heterocycles. The Bertz CT molecular complexity index is 779. The van der Waals surface area contributed by atoms with Crippen LogP contribution in [0.3, 0.4) is 0 Å². The predicted octanol–water partition coefficient (Wildman–Crippen LogP) is 3.72. The monoisotopic (exact) mass is 434 g/mol. The normalized spacial score (nSPS) is 11.2. The average Bonchev–Trinajstić information content (AvgIpc) is 2.43.